The first-order valence-corrected chi connectivity index (χ1v) is 9.22. The zero-order valence-electron chi connectivity index (χ0n) is 15.0. The standard InChI is InChI=1S/C17H16FN5O4S/c1-8-11-13(24)10(16(25)26)7-23(17-19-3-4-28-17)14(11)20-15(12(8)18)22-5-9(6-22)21-27-2/h3-4,7,9,21H,5-6H2,1-2H3,(H,25,26). The predicted molar refractivity (Wildman–Crippen MR) is 101 cm³/mol. The molecule has 0 saturated carbocycles. The van der Waals surface area contributed by atoms with Gasteiger partial charge in [0, 0.05) is 36.4 Å². The molecule has 4 heterocycles. The Morgan fingerprint density at radius 3 is 2.82 bits per heavy atom. The molecule has 1 aliphatic rings. The lowest BCUT2D eigenvalue weighted by atomic mass is 10.1. The molecule has 0 spiro atoms. The number of hydroxylamine groups is 1. The molecule has 3 aromatic rings. The third kappa shape index (κ3) is 2.84. The molecule has 0 bridgehead atoms. The van der Waals surface area contributed by atoms with E-state index in [-0.39, 0.29) is 28.5 Å². The third-order valence-electron chi connectivity index (χ3n) is 4.62. The number of carboxylic acids is 1. The van der Waals surface area contributed by atoms with Crippen LogP contribution in [0.3, 0.4) is 0 Å². The number of nitrogens with one attached hydrogen (secondary N) is 1. The van der Waals surface area contributed by atoms with Crippen LogP contribution in [0.4, 0.5) is 10.2 Å². The molecule has 1 saturated heterocycles. The van der Waals surface area contributed by atoms with Gasteiger partial charge in [0.15, 0.2) is 22.4 Å². The predicted octanol–water partition coefficient (Wildman–Crippen LogP) is 1.33. The molecule has 0 radical (unpaired) electrons. The average Bonchev–Trinajstić information content (AvgIpc) is 3.15. The van der Waals surface area contributed by atoms with Crippen LogP contribution >= 0.6 is 11.3 Å². The highest BCUT2D eigenvalue weighted by Gasteiger charge is 2.32. The molecule has 1 aliphatic heterocycles. The SMILES string of the molecule is CONC1CN(c2nc3c(c(C)c2F)c(=O)c(C(=O)O)cn3-c2nccs2)C1. The van der Waals surface area contributed by atoms with Crippen LogP contribution in [0.2, 0.25) is 0 Å². The maximum absolute atomic E-state index is 15.0. The van der Waals surface area contributed by atoms with Gasteiger partial charge in [-0.05, 0) is 6.92 Å². The van der Waals surface area contributed by atoms with Gasteiger partial charge >= 0.3 is 5.97 Å². The van der Waals surface area contributed by atoms with Gasteiger partial charge in [-0.25, -0.2) is 19.2 Å². The van der Waals surface area contributed by atoms with Crippen LogP contribution in [0.15, 0.2) is 22.6 Å². The molecule has 28 heavy (non-hydrogen) atoms. The van der Waals surface area contributed by atoms with Crippen molar-refractivity contribution >= 4 is 34.2 Å². The van der Waals surface area contributed by atoms with Gasteiger partial charge in [0.2, 0.25) is 5.43 Å². The van der Waals surface area contributed by atoms with E-state index in [1.54, 1.807) is 16.5 Å². The van der Waals surface area contributed by atoms with Crippen molar-refractivity contribution in [1.82, 2.24) is 20.0 Å². The van der Waals surface area contributed by atoms with Crippen LogP contribution in [0.5, 0.6) is 0 Å². The molecule has 0 atom stereocenters. The second-order valence-corrected chi connectivity index (χ2v) is 7.23. The number of thiazole rings is 1. The van der Waals surface area contributed by atoms with Gasteiger partial charge in [-0.15, -0.1) is 11.3 Å². The number of fused-ring (bicyclic) bond motifs is 1. The fraction of sp³-hybridized carbons (Fsp3) is 0.294. The van der Waals surface area contributed by atoms with E-state index in [2.05, 4.69) is 15.4 Å². The molecule has 0 amide bonds. The summed E-state index contributed by atoms with van der Waals surface area (Å²) in [7, 11) is 1.51. The van der Waals surface area contributed by atoms with Crippen molar-refractivity contribution in [3.63, 3.8) is 0 Å². The van der Waals surface area contributed by atoms with Gasteiger partial charge in [-0.1, -0.05) is 0 Å². The molecule has 0 aromatic carbocycles. The van der Waals surface area contributed by atoms with Crippen LogP contribution < -0.4 is 15.8 Å². The number of aromatic nitrogens is 3. The molecular formula is C17H16FN5O4S. The number of aromatic carboxylic acids is 1. The van der Waals surface area contributed by atoms with Crippen LogP contribution in [0.1, 0.15) is 15.9 Å². The van der Waals surface area contributed by atoms with Crippen LogP contribution in [0, 0.1) is 12.7 Å². The topological polar surface area (TPSA) is 110 Å². The monoisotopic (exact) mass is 405 g/mol. The maximum atomic E-state index is 15.0. The van der Waals surface area contributed by atoms with Crippen molar-refractivity contribution in [2.24, 2.45) is 0 Å². The molecule has 0 aliphatic carbocycles. The smallest absolute Gasteiger partial charge is 0.341 e. The minimum absolute atomic E-state index is 0.0396. The van der Waals surface area contributed by atoms with Gasteiger partial charge < -0.3 is 14.8 Å². The second-order valence-electron chi connectivity index (χ2n) is 6.36. The number of carbonyl (C=O) groups is 1. The molecule has 11 heteroatoms. The highest BCUT2D eigenvalue weighted by Crippen LogP contribution is 2.30. The first-order chi connectivity index (χ1) is 13.4. The first kappa shape index (κ1) is 18.5. The van der Waals surface area contributed by atoms with E-state index in [9.17, 15) is 14.7 Å². The first-order valence-electron chi connectivity index (χ1n) is 8.34. The summed E-state index contributed by atoms with van der Waals surface area (Å²) in [6.45, 7) is 2.42. The highest BCUT2D eigenvalue weighted by molar-refractivity contribution is 7.12. The van der Waals surface area contributed by atoms with E-state index >= 15 is 4.39 Å². The highest BCUT2D eigenvalue weighted by atomic mass is 32.1. The van der Waals surface area contributed by atoms with E-state index in [0.717, 1.165) is 0 Å². The van der Waals surface area contributed by atoms with Crippen molar-refractivity contribution in [3.8, 4) is 5.13 Å². The number of aryl methyl sites for hydroxylation is 1. The maximum Gasteiger partial charge on any atom is 0.341 e. The van der Waals surface area contributed by atoms with E-state index in [1.165, 1.54) is 36.1 Å². The van der Waals surface area contributed by atoms with Gasteiger partial charge in [0.1, 0.15) is 5.56 Å². The summed E-state index contributed by atoms with van der Waals surface area (Å²) in [5.41, 5.74) is 1.79. The fourth-order valence-electron chi connectivity index (χ4n) is 3.22. The number of rotatable bonds is 5. The molecule has 0 unspecified atom stereocenters. The minimum Gasteiger partial charge on any atom is -0.477 e. The van der Waals surface area contributed by atoms with E-state index in [4.69, 9.17) is 4.84 Å². The summed E-state index contributed by atoms with van der Waals surface area (Å²) >= 11 is 1.25. The van der Waals surface area contributed by atoms with Crippen molar-refractivity contribution in [1.29, 1.82) is 0 Å². The number of anilines is 1. The molecule has 3 aromatic heterocycles. The Kier molecular flexibility index (Phi) is 4.57. The Morgan fingerprint density at radius 2 is 2.21 bits per heavy atom. The Labute approximate surface area is 162 Å². The number of hydrogen-bond donors (Lipinski definition) is 2. The van der Waals surface area contributed by atoms with Gasteiger partial charge in [0.25, 0.3) is 0 Å². The largest absolute Gasteiger partial charge is 0.477 e. The van der Waals surface area contributed by atoms with Crippen molar-refractivity contribution in [3.05, 3.63) is 44.9 Å². The molecule has 2 N–H and O–H groups in total. The van der Waals surface area contributed by atoms with Crippen LogP contribution in [0.25, 0.3) is 16.2 Å². The van der Waals surface area contributed by atoms with Crippen molar-refractivity contribution in [2.75, 3.05) is 25.1 Å². The fourth-order valence-corrected chi connectivity index (χ4v) is 3.83. The summed E-state index contributed by atoms with van der Waals surface area (Å²) in [4.78, 5) is 39.4. The van der Waals surface area contributed by atoms with E-state index < -0.39 is 22.8 Å². The molecule has 1 fully saturated rings. The molecule has 9 nitrogen and oxygen atoms in total. The summed E-state index contributed by atoms with van der Waals surface area (Å²) < 4.78 is 16.5. The number of pyridine rings is 2. The normalized spacial score (nSPS) is 14.5. The Balaban J connectivity index is 1.96. The van der Waals surface area contributed by atoms with Gasteiger partial charge in [-0.2, -0.15) is 5.48 Å². The summed E-state index contributed by atoms with van der Waals surface area (Å²) in [5, 5.41) is 11.5. The van der Waals surface area contributed by atoms with Crippen LogP contribution in [-0.4, -0.2) is 51.9 Å². The van der Waals surface area contributed by atoms with Gasteiger partial charge in [-0.3, -0.25) is 9.36 Å². The van der Waals surface area contributed by atoms with Crippen molar-refractivity contribution < 1.29 is 19.1 Å². The second kappa shape index (κ2) is 6.93. The summed E-state index contributed by atoms with van der Waals surface area (Å²) in [5.74, 6) is -1.93. The van der Waals surface area contributed by atoms with Crippen molar-refractivity contribution in [2.45, 2.75) is 13.0 Å². The average molecular weight is 405 g/mol. The zero-order chi connectivity index (χ0) is 20.0. The Hall–Kier alpha value is -2.89. The Morgan fingerprint density at radius 1 is 1.46 bits per heavy atom. The third-order valence-corrected chi connectivity index (χ3v) is 5.39. The summed E-state index contributed by atoms with van der Waals surface area (Å²) in [6.07, 6.45) is 2.74. The lowest BCUT2D eigenvalue weighted by Crippen LogP contribution is -2.58. The minimum atomic E-state index is -1.39. The van der Waals surface area contributed by atoms with E-state index in [0.29, 0.717) is 18.2 Å². The van der Waals surface area contributed by atoms with E-state index in [1.807, 2.05) is 0 Å². The number of carboxylic acid groups (broad SMARTS) is 1. The molecule has 4 rings (SSSR count). The zero-order valence-corrected chi connectivity index (χ0v) is 15.8. The number of nitrogens with zero attached hydrogens (tertiary/aromatic N) is 4. The number of hydrogen-bond acceptors (Lipinski definition) is 8. The lowest BCUT2D eigenvalue weighted by molar-refractivity contribution is 0.0516. The van der Waals surface area contributed by atoms with Gasteiger partial charge in [0.05, 0.1) is 18.5 Å². The quantitative estimate of drug-likeness (QED) is 0.612. The molecule has 146 valence electrons. The molecular weight excluding hydrogens is 389 g/mol. The number of halogens is 1. The lowest BCUT2D eigenvalue weighted by Gasteiger charge is -2.40. The van der Waals surface area contributed by atoms with Crippen LogP contribution in [-0.2, 0) is 4.84 Å². The summed E-state index contributed by atoms with van der Waals surface area (Å²) in [6, 6.07) is 0.0396. The Bertz CT molecular complexity index is 1130.